The van der Waals surface area contributed by atoms with E-state index in [9.17, 15) is 14.0 Å². The fourth-order valence-electron chi connectivity index (χ4n) is 3.06. The summed E-state index contributed by atoms with van der Waals surface area (Å²) >= 11 is 0. The van der Waals surface area contributed by atoms with Crippen LogP contribution in [0.5, 0.6) is 0 Å². The van der Waals surface area contributed by atoms with Crippen molar-refractivity contribution in [3.8, 4) is 5.69 Å². The van der Waals surface area contributed by atoms with Gasteiger partial charge in [0.15, 0.2) is 0 Å². The third kappa shape index (κ3) is 5.10. The minimum atomic E-state index is -0.319. The lowest BCUT2D eigenvalue weighted by atomic mass is 10.1. The molecule has 6 heteroatoms. The van der Waals surface area contributed by atoms with Gasteiger partial charge in [-0.2, -0.15) is 0 Å². The molecular formula is C23H24FN3O2. The maximum absolute atomic E-state index is 13.0. The molecule has 3 rings (SSSR count). The third-order valence-corrected chi connectivity index (χ3v) is 4.75. The minimum absolute atomic E-state index is 0.0384. The van der Waals surface area contributed by atoms with Crippen LogP contribution < -0.4 is 5.32 Å². The van der Waals surface area contributed by atoms with Crippen LogP contribution in [0.25, 0.3) is 5.69 Å². The lowest BCUT2D eigenvalue weighted by Crippen LogP contribution is -2.40. The number of nitrogens with zero attached hydrogens (tertiary/aromatic N) is 2. The molecule has 0 fully saturated rings. The number of carbonyl (C=O) groups is 2. The van der Waals surface area contributed by atoms with Crippen LogP contribution in [0, 0.1) is 12.7 Å². The zero-order valence-electron chi connectivity index (χ0n) is 16.6. The van der Waals surface area contributed by atoms with E-state index in [4.69, 9.17) is 0 Å². The van der Waals surface area contributed by atoms with Crippen LogP contribution in [0.2, 0.25) is 0 Å². The molecule has 150 valence electrons. The van der Waals surface area contributed by atoms with Gasteiger partial charge in [-0.1, -0.05) is 18.2 Å². The van der Waals surface area contributed by atoms with Gasteiger partial charge < -0.3 is 14.8 Å². The van der Waals surface area contributed by atoms with E-state index in [0.717, 1.165) is 16.8 Å². The first kappa shape index (κ1) is 20.3. The first-order valence-corrected chi connectivity index (χ1v) is 9.52. The van der Waals surface area contributed by atoms with E-state index in [0.29, 0.717) is 12.1 Å². The lowest BCUT2D eigenvalue weighted by Gasteiger charge is -2.21. The largest absolute Gasteiger partial charge is 0.350 e. The summed E-state index contributed by atoms with van der Waals surface area (Å²) in [5.41, 5.74) is 3.31. The van der Waals surface area contributed by atoms with Crippen molar-refractivity contribution in [2.45, 2.75) is 20.4 Å². The average molecular weight is 393 g/mol. The van der Waals surface area contributed by atoms with Gasteiger partial charge in [0.2, 0.25) is 5.91 Å². The number of hydrogen-bond acceptors (Lipinski definition) is 2. The number of carbonyl (C=O) groups excluding carboxylic acids is 2. The molecule has 0 saturated carbocycles. The molecule has 0 saturated heterocycles. The molecule has 3 aromatic rings. The molecule has 0 bridgehead atoms. The molecule has 2 amide bonds. The first-order valence-electron chi connectivity index (χ1n) is 9.52. The summed E-state index contributed by atoms with van der Waals surface area (Å²) in [6.07, 6.45) is 3.86. The van der Waals surface area contributed by atoms with Crippen LogP contribution in [0.3, 0.4) is 0 Å². The van der Waals surface area contributed by atoms with Crippen LogP contribution in [-0.2, 0) is 11.3 Å². The highest BCUT2D eigenvalue weighted by molar-refractivity contribution is 5.97. The number of aryl methyl sites for hydroxylation is 1. The Labute approximate surface area is 169 Å². The highest BCUT2D eigenvalue weighted by Crippen LogP contribution is 2.18. The summed E-state index contributed by atoms with van der Waals surface area (Å²) in [6.45, 7) is 4.49. The molecule has 0 radical (unpaired) electrons. The van der Waals surface area contributed by atoms with Gasteiger partial charge in [0.05, 0.1) is 6.54 Å². The molecule has 0 aliphatic heterocycles. The van der Waals surface area contributed by atoms with Crippen molar-refractivity contribution >= 4 is 11.8 Å². The second-order valence-corrected chi connectivity index (χ2v) is 6.81. The predicted octanol–water partition coefficient (Wildman–Crippen LogP) is 3.70. The number of nitrogens with one attached hydrogen (secondary N) is 1. The molecule has 0 aliphatic rings. The Balaban J connectivity index is 1.66. The number of amides is 2. The van der Waals surface area contributed by atoms with Crippen LogP contribution in [0.15, 0.2) is 67.0 Å². The van der Waals surface area contributed by atoms with Gasteiger partial charge in [0.25, 0.3) is 5.91 Å². The molecule has 0 atom stereocenters. The molecule has 1 N–H and O–H groups in total. The molecule has 0 spiro atoms. The van der Waals surface area contributed by atoms with Gasteiger partial charge in [-0.25, -0.2) is 4.39 Å². The van der Waals surface area contributed by atoms with E-state index in [2.05, 4.69) is 5.32 Å². The fourth-order valence-corrected chi connectivity index (χ4v) is 3.06. The Morgan fingerprint density at radius 2 is 1.76 bits per heavy atom. The third-order valence-electron chi connectivity index (χ3n) is 4.75. The van der Waals surface area contributed by atoms with Crippen LogP contribution in [0.4, 0.5) is 4.39 Å². The van der Waals surface area contributed by atoms with Crippen molar-refractivity contribution in [3.05, 3.63) is 89.5 Å². The van der Waals surface area contributed by atoms with E-state index >= 15 is 0 Å². The summed E-state index contributed by atoms with van der Waals surface area (Å²) < 4.78 is 14.9. The predicted molar refractivity (Wildman–Crippen MR) is 110 cm³/mol. The lowest BCUT2D eigenvalue weighted by molar-refractivity contribution is -0.121. The second-order valence-electron chi connectivity index (χ2n) is 6.81. The summed E-state index contributed by atoms with van der Waals surface area (Å²) in [4.78, 5) is 26.8. The Bertz CT molecular complexity index is 982. The van der Waals surface area contributed by atoms with E-state index in [1.807, 2.05) is 55.1 Å². The monoisotopic (exact) mass is 393 g/mol. The van der Waals surface area contributed by atoms with Gasteiger partial charge in [0.1, 0.15) is 5.82 Å². The van der Waals surface area contributed by atoms with E-state index in [-0.39, 0.29) is 30.7 Å². The minimum Gasteiger partial charge on any atom is -0.350 e. The number of hydrogen-bond donors (Lipinski definition) is 1. The molecule has 2 aromatic carbocycles. The standard InChI is InChI=1S/C23H24FN3O2/c1-3-26(16-22(28)25-15-18-7-10-20(24)11-8-18)23(29)19-9-6-17(2)21(14-19)27-12-4-5-13-27/h4-14H,3,15-16H2,1-2H3,(H,25,28). The van der Waals surface area contributed by atoms with Gasteiger partial charge in [-0.05, 0) is 61.4 Å². The van der Waals surface area contributed by atoms with Gasteiger partial charge in [-0.3, -0.25) is 9.59 Å². The van der Waals surface area contributed by atoms with Crippen molar-refractivity contribution in [2.75, 3.05) is 13.1 Å². The van der Waals surface area contributed by atoms with Crippen molar-refractivity contribution in [3.63, 3.8) is 0 Å². The SMILES string of the molecule is CCN(CC(=O)NCc1ccc(F)cc1)C(=O)c1ccc(C)c(-n2cccc2)c1. The number of rotatable bonds is 7. The number of benzene rings is 2. The van der Waals surface area contributed by atoms with Crippen LogP contribution in [-0.4, -0.2) is 34.4 Å². The second kappa shape index (κ2) is 9.19. The quantitative estimate of drug-likeness (QED) is 0.665. The van der Waals surface area contributed by atoms with E-state index in [1.165, 1.54) is 17.0 Å². The normalized spacial score (nSPS) is 10.6. The highest BCUT2D eigenvalue weighted by atomic mass is 19.1. The summed E-state index contributed by atoms with van der Waals surface area (Å²) in [7, 11) is 0. The molecule has 1 heterocycles. The van der Waals surface area contributed by atoms with Crippen molar-refractivity contribution in [2.24, 2.45) is 0 Å². The number of halogens is 1. The Kier molecular flexibility index (Phi) is 6.44. The molecule has 1 aromatic heterocycles. The van der Waals surface area contributed by atoms with Crippen LogP contribution in [0.1, 0.15) is 28.4 Å². The van der Waals surface area contributed by atoms with Crippen molar-refractivity contribution < 1.29 is 14.0 Å². The Morgan fingerprint density at radius 1 is 1.07 bits per heavy atom. The van der Waals surface area contributed by atoms with E-state index < -0.39 is 0 Å². The molecule has 29 heavy (non-hydrogen) atoms. The fraction of sp³-hybridized carbons (Fsp3) is 0.217. The van der Waals surface area contributed by atoms with Crippen molar-refractivity contribution in [1.82, 2.24) is 14.8 Å². The molecular weight excluding hydrogens is 369 g/mol. The van der Waals surface area contributed by atoms with Crippen LogP contribution >= 0.6 is 0 Å². The summed E-state index contributed by atoms with van der Waals surface area (Å²) in [5, 5.41) is 2.77. The maximum Gasteiger partial charge on any atom is 0.254 e. The summed E-state index contributed by atoms with van der Waals surface area (Å²) in [6, 6.07) is 15.3. The molecule has 5 nitrogen and oxygen atoms in total. The van der Waals surface area contributed by atoms with Crippen molar-refractivity contribution in [1.29, 1.82) is 0 Å². The van der Waals surface area contributed by atoms with Gasteiger partial charge >= 0.3 is 0 Å². The van der Waals surface area contributed by atoms with E-state index in [1.54, 1.807) is 18.2 Å². The first-order chi connectivity index (χ1) is 14.0. The zero-order chi connectivity index (χ0) is 20.8. The van der Waals surface area contributed by atoms with Gasteiger partial charge in [-0.15, -0.1) is 0 Å². The number of aromatic nitrogens is 1. The summed E-state index contributed by atoms with van der Waals surface area (Å²) in [5.74, 6) is -0.777. The Hall–Kier alpha value is -3.41. The van der Waals surface area contributed by atoms with Gasteiger partial charge in [0, 0.05) is 36.7 Å². The average Bonchev–Trinajstić information content (AvgIpc) is 3.26. The Morgan fingerprint density at radius 3 is 2.41 bits per heavy atom. The highest BCUT2D eigenvalue weighted by Gasteiger charge is 2.18. The maximum atomic E-state index is 13.0. The zero-order valence-corrected chi connectivity index (χ0v) is 16.6. The molecule has 0 unspecified atom stereocenters. The smallest absolute Gasteiger partial charge is 0.254 e. The molecule has 0 aliphatic carbocycles. The topological polar surface area (TPSA) is 54.3 Å². The number of likely N-dealkylation sites (N-methyl/N-ethyl adjacent to an activating group) is 1.